The zero-order valence-corrected chi connectivity index (χ0v) is 15.7. The van der Waals surface area contributed by atoms with E-state index in [1.165, 1.54) is 25.2 Å². The van der Waals surface area contributed by atoms with Crippen LogP contribution < -0.4 is 16.6 Å². The fourth-order valence-corrected chi connectivity index (χ4v) is 2.79. The smallest absolute Gasteiger partial charge is 0.273 e. The largest absolute Gasteiger partial charge is 0.382 e. The quantitative estimate of drug-likeness (QED) is 0.723. The number of rotatable bonds is 4. The van der Waals surface area contributed by atoms with Crippen molar-refractivity contribution in [1.82, 2.24) is 19.9 Å². The van der Waals surface area contributed by atoms with E-state index in [0.717, 1.165) is 0 Å². The van der Waals surface area contributed by atoms with Gasteiger partial charge in [0.05, 0.1) is 11.4 Å². The third kappa shape index (κ3) is 3.62. The fourth-order valence-electron chi connectivity index (χ4n) is 2.79. The Morgan fingerprint density at radius 2 is 1.68 bits per heavy atom. The highest BCUT2D eigenvalue weighted by Gasteiger charge is 2.20. The number of nitrogens with zero attached hydrogens (tertiary/aromatic N) is 3. The zero-order chi connectivity index (χ0) is 20.4. The topological polar surface area (TPSA) is 103 Å². The number of halogens is 1. The number of nitrogen functional groups attached to an aromatic ring is 1. The first-order valence-electron chi connectivity index (χ1n) is 8.70. The molecule has 7 nitrogen and oxygen atoms in total. The Kier molecular flexibility index (Phi) is 5.21. The lowest BCUT2D eigenvalue weighted by Crippen LogP contribution is -2.23. The molecule has 8 heteroatoms. The summed E-state index contributed by atoms with van der Waals surface area (Å²) in [7, 11) is 1.47. The van der Waals surface area contributed by atoms with E-state index in [0.29, 0.717) is 22.5 Å². The molecule has 0 saturated heterocycles. The third-order valence-corrected chi connectivity index (χ3v) is 4.25. The Hall–Kier alpha value is -3.55. The van der Waals surface area contributed by atoms with Gasteiger partial charge in [0, 0.05) is 36.5 Å². The molecule has 1 aromatic carbocycles. The summed E-state index contributed by atoms with van der Waals surface area (Å²) in [5.41, 5.74) is 7.70. The molecule has 3 rings (SSSR count). The van der Waals surface area contributed by atoms with Crippen molar-refractivity contribution in [2.45, 2.75) is 19.9 Å². The number of carbonyl (C=O) groups is 1. The maximum atomic E-state index is 13.4. The molecule has 0 fully saturated rings. The average Bonchev–Trinajstić information content (AvgIpc) is 2.68. The van der Waals surface area contributed by atoms with Gasteiger partial charge in [-0.25, -0.2) is 14.4 Å². The van der Waals surface area contributed by atoms with Gasteiger partial charge in [-0.3, -0.25) is 9.59 Å². The number of amides is 1. The first-order valence-corrected chi connectivity index (χ1v) is 8.70. The Labute approximate surface area is 161 Å². The van der Waals surface area contributed by atoms with Gasteiger partial charge in [0.2, 0.25) is 0 Å². The minimum Gasteiger partial charge on any atom is -0.382 e. The molecule has 2 heterocycles. The SMILES string of the molecule is CNC(=O)c1nc(-c2ccc(=O)n(C(C)C)c2)c(-c2ccc(F)cc2)nc1N. The van der Waals surface area contributed by atoms with Crippen molar-refractivity contribution in [3.8, 4) is 22.5 Å². The summed E-state index contributed by atoms with van der Waals surface area (Å²) in [6, 6.07) is 8.70. The van der Waals surface area contributed by atoms with Crippen LogP contribution in [0.5, 0.6) is 0 Å². The minimum atomic E-state index is -0.478. The van der Waals surface area contributed by atoms with Crippen molar-refractivity contribution in [2.24, 2.45) is 0 Å². The Balaban J connectivity index is 2.30. The van der Waals surface area contributed by atoms with E-state index in [4.69, 9.17) is 5.73 Å². The molecule has 1 amide bonds. The summed E-state index contributed by atoms with van der Waals surface area (Å²) in [5, 5.41) is 2.48. The molecule has 0 radical (unpaired) electrons. The van der Waals surface area contributed by atoms with Gasteiger partial charge in [0.15, 0.2) is 11.5 Å². The van der Waals surface area contributed by atoms with E-state index in [9.17, 15) is 14.0 Å². The van der Waals surface area contributed by atoms with Crippen LogP contribution in [0, 0.1) is 5.82 Å². The van der Waals surface area contributed by atoms with Gasteiger partial charge < -0.3 is 15.6 Å². The molecule has 0 aliphatic carbocycles. The molecule has 3 aromatic rings. The lowest BCUT2D eigenvalue weighted by molar-refractivity contribution is 0.0959. The number of pyridine rings is 1. The molecule has 0 atom stereocenters. The Bertz CT molecular complexity index is 1090. The second-order valence-electron chi connectivity index (χ2n) is 6.50. The highest BCUT2D eigenvalue weighted by molar-refractivity contribution is 5.97. The summed E-state index contributed by atoms with van der Waals surface area (Å²) >= 11 is 0. The molecule has 0 spiro atoms. The number of aromatic nitrogens is 3. The third-order valence-electron chi connectivity index (χ3n) is 4.25. The van der Waals surface area contributed by atoms with Gasteiger partial charge in [-0.2, -0.15) is 0 Å². The molecule has 3 N–H and O–H groups in total. The molecule has 0 unspecified atom stereocenters. The van der Waals surface area contributed by atoms with Gasteiger partial charge in [0.25, 0.3) is 11.5 Å². The summed E-state index contributed by atoms with van der Waals surface area (Å²) in [6.07, 6.45) is 1.66. The van der Waals surface area contributed by atoms with E-state index < -0.39 is 5.91 Å². The second kappa shape index (κ2) is 7.59. The molecule has 0 aliphatic heterocycles. The summed E-state index contributed by atoms with van der Waals surface area (Å²) in [6.45, 7) is 3.77. The maximum Gasteiger partial charge on any atom is 0.273 e. The van der Waals surface area contributed by atoms with Gasteiger partial charge >= 0.3 is 0 Å². The lowest BCUT2D eigenvalue weighted by atomic mass is 10.0. The molecular weight excluding hydrogens is 361 g/mol. The minimum absolute atomic E-state index is 0.0225. The van der Waals surface area contributed by atoms with E-state index in [2.05, 4.69) is 15.3 Å². The van der Waals surface area contributed by atoms with Gasteiger partial charge in [-0.1, -0.05) is 0 Å². The normalized spacial score (nSPS) is 10.9. The van der Waals surface area contributed by atoms with Crippen LogP contribution in [-0.2, 0) is 0 Å². The number of nitrogens with two attached hydrogens (primary N) is 1. The van der Waals surface area contributed by atoms with Crippen LogP contribution in [0.4, 0.5) is 10.2 Å². The van der Waals surface area contributed by atoms with Gasteiger partial charge in [-0.05, 0) is 44.2 Å². The standard InChI is InChI=1S/C20H20FN5O2/c1-11(2)26-10-13(6-9-15(26)27)17-16(12-4-7-14(21)8-5-12)25-19(22)18(24-17)20(28)23-3/h4-11H,1-3H3,(H2,22,25)(H,23,28). The van der Waals surface area contributed by atoms with Gasteiger partial charge in [-0.15, -0.1) is 0 Å². The molecule has 2 aromatic heterocycles. The van der Waals surface area contributed by atoms with Crippen LogP contribution in [0.2, 0.25) is 0 Å². The van der Waals surface area contributed by atoms with Crippen LogP contribution in [-0.4, -0.2) is 27.5 Å². The molecule has 0 bridgehead atoms. The average molecular weight is 381 g/mol. The molecular formula is C20H20FN5O2. The van der Waals surface area contributed by atoms with E-state index in [1.54, 1.807) is 29.0 Å². The first kappa shape index (κ1) is 19.2. The number of hydrogen-bond acceptors (Lipinski definition) is 5. The van der Waals surface area contributed by atoms with Crippen LogP contribution in [0.3, 0.4) is 0 Å². The second-order valence-corrected chi connectivity index (χ2v) is 6.50. The zero-order valence-electron chi connectivity index (χ0n) is 15.7. The van der Waals surface area contributed by atoms with Crippen molar-refractivity contribution in [3.63, 3.8) is 0 Å². The molecule has 144 valence electrons. The summed E-state index contributed by atoms with van der Waals surface area (Å²) in [5.74, 6) is -0.907. The van der Waals surface area contributed by atoms with Crippen LogP contribution in [0.1, 0.15) is 30.4 Å². The van der Waals surface area contributed by atoms with Crippen LogP contribution >= 0.6 is 0 Å². The molecule has 0 saturated carbocycles. The molecule has 28 heavy (non-hydrogen) atoms. The number of nitrogens with one attached hydrogen (secondary N) is 1. The lowest BCUT2D eigenvalue weighted by Gasteiger charge is -2.15. The maximum absolute atomic E-state index is 13.4. The number of hydrogen-bond donors (Lipinski definition) is 2. The summed E-state index contributed by atoms with van der Waals surface area (Å²) < 4.78 is 14.9. The number of anilines is 1. The van der Waals surface area contributed by atoms with Crippen molar-refractivity contribution in [1.29, 1.82) is 0 Å². The van der Waals surface area contributed by atoms with Crippen molar-refractivity contribution < 1.29 is 9.18 Å². The highest BCUT2D eigenvalue weighted by Crippen LogP contribution is 2.30. The number of benzene rings is 1. The van der Waals surface area contributed by atoms with Crippen molar-refractivity contribution in [2.75, 3.05) is 12.8 Å². The monoisotopic (exact) mass is 381 g/mol. The number of carbonyl (C=O) groups excluding carboxylic acids is 1. The van der Waals surface area contributed by atoms with Crippen molar-refractivity contribution >= 4 is 11.7 Å². The predicted molar refractivity (Wildman–Crippen MR) is 105 cm³/mol. The fraction of sp³-hybridized carbons (Fsp3) is 0.200. The Morgan fingerprint density at radius 3 is 2.29 bits per heavy atom. The first-order chi connectivity index (χ1) is 13.3. The highest BCUT2D eigenvalue weighted by atomic mass is 19.1. The van der Waals surface area contributed by atoms with E-state index in [1.807, 2.05) is 13.8 Å². The van der Waals surface area contributed by atoms with Crippen molar-refractivity contribution in [3.05, 3.63) is 64.5 Å². The molecule has 0 aliphatic rings. The van der Waals surface area contributed by atoms with E-state index in [-0.39, 0.29) is 28.9 Å². The van der Waals surface area contributed by atoms with Crippen LogP contribution in [0.15, 0.2) is 47.4 Å². The Morgan fingerprint density at radius 1 is 1.07 bits per heavy atom. The van der Waals surface area contributed by atoms with Crippen LogP contribution in [0.25, 0.3) is 22.5 Å². The van der Waals surface area contributed by atoms with Gasteiger partial charge in [0.1, 0.15) is 5.82 Å². The summed E-state index contributed by atoms with van der Waals surface area (Å²) in [4.78, 5) is 33.0. The van der Waals surface area contributed by atoms with E-state index >= 15 is 0 Å². The predicted octanol–water partition coefficient (Wildman–Crippen LogP) is 2.63.